The number of benzene rings is 1. The molecule has 1 amide bonds. The molecule has 8 heteroatoms. The molecule has 0 atom stereocenters. The van der Waals surface area contributed by atoms with Crippen LogP contribution < -0.4 is 15.4 Å². The molecule has 0 aromatic heterocycles. The fourth-order valence-corrected chi connectivity index (χ4v) is 2.16. The fourth-order valence-electron chi connectivity index (χ4n) is 1.44. The third kappa shape index (κ3) is 7.31. The molecule has 0 spiro atoms. The average molecular weight is 334 g/mol. The molecule has 0 aliphatic carbocycles. The molecule has 0 heterocycles. The van der Waals surface area contributed by atoms with Crippen LogP contribution in [0.2, 0.25) is 5.02 Å². The lowest BCUT2D eigenvalue weighted by Crippen LogP contribution is -2.41. The van der Waals surface area contributed by atoms with Gasteiger partial charge < -0.3 is 10.6 Å². The Bertz CT molecular complexity index is 624. The van der Waals surface area contributed by atoms with E-state index in [1.165, 1.54) is 18.2 Å². The Labute approximate surface area is 130 Å². The predicted octanol–water partition coefficient (Wildman–Crippen LogP) is 2.04. The monoisotopic (exact) mass is 333 g/mol. The standard InChI is InChI=1S/C13H20ClN3O3S/c1-13(2,3)15-8-12(18)16-11-7-9(5-6-10(11)14)17-21(4,19)20/h5-7,15,17H,8H2,1-4H3,(H,16,18). The highest BCUT2D eigenvalue weighted by Gasteiger charge is 2.13. The summed E-state index contributed by atoms with van der Waals surface area (Å²) in [6.45, 7) is 5.97. The molecule has 6 nitrogen and oxygen atoms in total. The van der Waals surface area contributed by atoms with Gasteiger partial charge in [0, 0.05) is 5.54 Å². The maximum absolute atomic E-state index is 11.8. The number of halogens is 1. The molecule has 21 heavy (non-hydrogen) atoms. The topological polar surface area (TPSA) is 87.3 Å². The van der Waals surface area contributed by atoms with Crippen molar-refractivity contribution >= 4 is 38.9 Å². The maximum atomic E-state index is 11.8. The summed E-state index contributed by atoms with van der Waals surface area (Å²) in [5.74, 6) is -0.261. The third-order valence-corrected chi connectivity index (χ3v) is 3.26. The molecular weight excluding hydrogens is 314 g/mol. The van der Waals surface area contributed by atoms with Gasteiger partial charge in [0.2, 0.25) is 15.9 Å². The molecule has 0 fully saturated rings. The van der Waals surface area contributed by atoms with Gasteiger partial charge in [-0.3, -0.25) is 9.52 Å². The van der Waals surface area contributed by atoms with Crippen molar-refractivity contribution in [2.75, 3.05) is 22.8 Å². The molecule has 3 N–H and O–H groups in total. The second-order valence-corrected chi connectivity index (χ2v) is 7.88. The number of amides is 1. The van der Waals surface area contributed by atoms with Crippen LogP contribution in [-0.4, -0.2) is 32.7 Å². The van der Waals surface area contributed by atoms with Crippen LogP contribution in [0.4, 0.5) is 11.4 Å². The maximum Gasteiger partial charge on any atom is 0.238 e. The van der Waals surface area contributed by atoms with E-state index in [0.29, 0.717) is 16.4 Å². The van der Waals surface area contributed by atoms with Crippen molar-refractivity contribution in [3.05, 3.63) is 23.2 Å². The zero-order valence-electron chi connectivity index (χ0n) is 12.5. The molecule has 0 unspecified atom stereocenters. The van der Waals surface area contributed by atoms with Gasteiger partial charge in [0.15, 0.2) is 0 Å². The molecule has 1 rings (SSSR count). The molecular formula is C13H20ClN3O3S. The van der Waals surface area contributed by atoms with E-state index in [-0.39, 0.29) is 18.0 Å². The van der Waals surface area contributed by atoms with Gasteiger partial charge in [-0.05, 0) is 39.0 Å². The molecule has 1 aromatic carbocycles. The minimum absolute atomic E-state index is 0.129. The lowest BCUT2D eigenvalue weighted by atomic mass is 10.1. The van der Waals surface area contributed by atoms with Gasteiger partial charge in [-0.25, -0.2) is 8.42 Å². The van der Waals surface area contributed by atoms with Crippen molar-refractivity contribution in [2.45, 2.75) is 26.3 Å². The predicted molar refractivity (Wildman–Crippen MR) is 86.3 cm³/mol. The fraction of sp³-hybridized carbons (Fsp3) is 0.462. The smallest absolute Gasteiger partial charge is 0.238 e. The Hall–Kier alpha value is -1.31. The van der Waals surface area contributed by atoms with Crippen molar-refractivity contribution in [1.82, 2.24) is 5.32 Å². The summed E-state index contributed by atoms with van der Waals surface area (Å²) >= 11 is 5.99. The van der Waals surface area contributed by atoms with Gasteiger partial charge in [-0.2, -0.15) is 0 Å². The minimum Gasteiger partial charge on any atom is -0.324 e. The van der Waals surface area contributed by atoms with Gasteiger partial charge in [-0.15, -0.1) is 0 Å². The SMILES string of the molecule is CC(C)(C)NCC(=O)Nc1cc(NS(C)(=O)=O)ccc1Cl. The van der Waals surface area contributed by atoms with E-state index >= 15 is 0 Å². The Balaban J connectivity index is 2.78. The molecule has 0 aliphatic heterocycles. The van der Waals surface area contributed by atoms with Crippen molar-refractivity contribution in [3.63, 3.8) is 0 Å². The highest BCUT2D eigenvalue weighted by molar-refractivity contribution is 7.92. The number of carbonyl (C=O) groups excluding carboxylic acids is 1. The van der Waals surface area contributed by atoms with E-state index in [4.69, 9.17) is 11.6 Å². The summed E-state index contributed by atoms with van der Waals surface area (Å²) in [7, 11) is -3.38. The van der Waals surface area contributed by atoms with E-state index < -0.39 is 10.0 Å². The molecule has 0 radical (unpaired) electrons. The second-order valence-electron chi connectivity index (χ2n) is 5.72. The summed E-state index contributed by atoms with van der Waals surface area (Å²) in [5.41, 5.74) is 0.507. The lowest BCUT2D eigenvalue weighted by Gasteiger charge is -2.20. The van der Waals surface area contributed by atoms with Crippen LogP contribution in [0.25, 0.3) is 0 Å². The molecule has 0 bridgehead atoms. The van der Waals surface area contributed by atoms with Crippen LogP contribution in [-0.2, 0) is 14.8 Å². The Kier molecular flexibility index (Phi) is 5.61. The highest BCUT2D eigenvalue weighted by Crippen LogP contribution is 2.25. The zero-order chi connectivity index (χ0) is 16.3. The molecule has 0 saturated heterocycles. The number of carbonyl (C=O) groups is 1. The van der Waals surface area contributed by atoms with Crippen molar-refractivity contribution in [3.8, 4) is 0 Å². The van der Waals surface area contributed by atoms with E-state index in [2.05, 4.69) is 15.4 Å². The van der Waals surface area contributed by atoms with Gasteiger partial charge >= 0.3 is 0 Å². The summed E-state index contributed by atoms with van der Waals surface area (Å²) in [5, 5.41) is 6.02. The molecule has 0 aliphatic rings. The van der Waals surface area contributed by atoms with Gasteiger partial charge in [-0.1, -0.05) is 11.6 Å². The van der Waals surface area contributed by atoms with Crippen molar-refractivity contribution < 1.29 is 13.2 Å². The quantitative estimate of drug-likeness (QED) is 0.769. The Morgan fingerprint density at radius 1 is 1.29 bits per heavy atom. The third-order valence-electron chi connectivity index (χ3n) is 2.32. The first kappa shape index (κ1) is 17.7. The molecule has 0 saturated carbocycles. The molecule has 118 valence electrons. The number of sulfonamides is 1. The van der Waals surface area contributed by atoms with E-state index in [1.807, 2.05) is 20.8 Å². The number of hydrogen-bond donors (Lipinski definition) is 3. The van der Waals surface area contributed by atoms with Crippen molar-refractivity contribution in [2.24, 2.45) is 0 Å². The average Bonchev–Trinajstić information content (AvgIpc) is 2.28. The van der Waals surface area contributed by atoms with Crippen LogP contribution in [0.15, 0.2) is 18.2 Å². The number of nitrogens with one attached hydrogen (secondary N) is 3. The van der Waals surface area contributed by atoms with Crippen LogP contribution in [0, 0.1) is 0 Å². The van der Waals surface area contributed by atoms with Gasteiger partial charge in [0.1, 0.15) is 0 Å². The van der Waals surface area contributed by atoms with Crippen LogP contribution >= 0.6 is 11.6 Å². The number of hydrogen-bond acceptors (Lipinski definition) is 4. The van der Waals surface area contributed by atoms with Gasteiger partial charge in [0.05, 0.1) is 29.2 Å². The van der Waals surface area contributed by atoms with Gasteiger partial charge in [0.25, 0.3) is 0 Å². The van der Waals surface area contributed by atoms with Crippen LogP contribution in [0.3, 0.4) is 0 Å². The zero-order valence-corrected chi connectivity index (χ0v) is 14.0. The molecule has 1 aromatic rings. The van der Waals surface area contributed by atoms with E-state index in [0.717, 1.165) is 6.26 Å². The minimum atomic E-state index is -3.38. The largest absolute Gasteiger partial charge is 0.324 e. The summed E-state index contributed by atoms with van der Waals surface area (Å²) in [4.78, 5) is 11.8. The summed E-state index contributed by atoms with van der Waals surface area (Å²) < 4.78 is 24.7. The summed E-state index contributed by atoms with van der Waals surface area (Å²) in [6, 6.07) is 4.51. The van der Waals surface area contributed by atoms with Crippen molar-refractivity contribution in [1.29, 1.82) is 0 Å². The number of anilines is 2. The van der Waals surface area contributed by atoms with E-state index in [9.17, 15) is 13.2 Å². The summed E-state index contributed by atoms with van der Waals surface area (Å²) in [6.07, 6.45) is 1.05. The lowest BCUT2D eigenvalue weighted by molar-refractivity contribution is -0.115. The first-order valence-corrected chi connectivity index (χ1v) is 8.55. The second kappa shape index (κ2) is 6.64. The Morgan fingerprint density at radius 3 is 2.43 bits per heavy atom. The highest BCUT2D eigenvalue weighted by atomic mass is 35.5. The first-order chi connectivity index (χ1) is 9.46. The van der Waals surface area contributed by atoms with E-state index in [1.54, 1.807) is 0 Å². The Morgan fingerprint density at radius 2 is 1.90 bits per heavy atom. The number of rotatable bonds is 5. The first-order valence-electron chi connectivity index (χ1n) is 6.28. The normalized spacial score (nSPS) is 12.0. The van der Waals surface area contributed by atoms with Crippen LogP contribution in [0.5, 0.6) is 0 Å². The van der Waals surface area contributed by atoms with Crippen LogP contribution in [0.1, 0.15) is 20.8 Å².